The number of carbonyl (C=O) groups is 2. The fourth-order valence-corrected chi connectivity index (χ4v) is 3.74. The molecule has 0 N–H and O–H groups in total. The number of fused-ring (bicyclic) bond motifs is 5. The number of hydrogen-bond donors (Lipinski definition) is 0. The Morgan fingerprint density at radius 1 is 1.50 bits per heavy atom. The van der Waals surface area contributed by atoms with Gasteiger partial charge >= 0.3 is 5.97 Å². The summed E-state index contributed by atoms with van der Waals surface area (Å²) in [4.78, 5) is 24.0. The maximum Gasteiger partial charge on any atom is 0.313 e. The van der Waals surface area contributed by atoms with Crippen LogP contribution in [-0.4, -0.2) is 18.9 Å². The monoisotopic (exact) mass is 218 g/mol. The van der Waals surface area contributed by atoms with Crippen LogP contribution in [0.2, 0.25) is 0 Å². The van der Waals surface area contributed by atoms with Gasteiger partial charge in [0.25, 0.3) is 0 Å². The molecule has 1 saturated carbocycles. The number of ketones is 1. The predicted octanol–water partition coefficient (Wildman–Crippen LogP) is 1.50. The van der Waals surface area contributed by atoms with Crippen molar-refractivity contribution >= 4 is 11.8 Å². The minimum atomic E-state index is -0.597. The summed E-state index contributed by atoms with van der Waals surface area (Å²) in [6.45, 7) is 0. The van der Waals surface area contributed by atoms with Gasteiger partial charge in [-0.2, -0.15) is 0 Å². The molecule has 0 aromatic carbocycles. The van der Waals surface area contributed by atoms with E-state index in [1.165, 1.54) is 7.11 Å². The van der Waals surface area contributed by atoms with Crippen LogP contribution in [0.15, 0.2) is 24.3 Å². The van der Waals surface area contributed by atoms with Crippen molar-refractivity contribution in [1.82, 2.24) is 0 Å². The number of ether oxygens (including phenoxy) is 1. The topological polar surface area (TPSA) is 43.4 Å². The summed E-state index contributed by atoms with van der Waals surface area (Å²) in [5.41, 5.74) is -0.597. The molecule has 3 aliphatic rings. The molecule has 3 nitrogen and oxygen atoms in total. The fourth-order valence-electron chi connectivity index (χ4n) is 3.74. The summed E-state index contributed by atoms with van der Waals surface area (Å²) in [5, 5.41) is 0. The molecule has 0 heterocycles. The van der Waals surface area contributed by atoms with E-state index in [-0.39, 0.29) is 29.5 Å². The third-order valence-corrected chi connectivity index (χ3v) is 4.37. The van der Waals surface area contributed by atoms with Crippen LogP contribution < -0.4 is 0 Å². The molecule has 84 valence electrons. The average Bonchev–Trinajstić information content (AvgIpc) is 2.88. The number of esters is 1. The molecule has 3 rings (SSSR count). The zero-order chi connectivity index (χ0) is 11.3. The quantitative estimate of drug-likeness (QED) is 0.495. The predicted molar refractivity (Wildman–Crippen MR) is 57.4 cm³/mol. The summed E-state index contributed by atoms with van der Waals surface area (Å²) in [7, 11) is 1.41. The van der Waals surface area contributed by atoms with Crippen molar-refractivity contribution in [3.8, 4) is 0 Å². The second-order valence-corrected chi connectivity index (χ2v) is 4.91. The van der Waals surface area contributed by atoms with Crippen molar-refractivity contribution in [2.24, 2.45) is 23.2 Å². The third-order valence-electron chi connectivity index (χ3n) is 4.37. The Balaban J connectivity index is 2.12. The molecule has 0 aliphatic heterocycles. The highest BCUT2D eigenvalue weighted by Crippen LogP contribution is 2.60. The van der Waals surface area contributed by atoms with E-state index < -0.39 is 5.41 Å². The standard InChI is InChI=1S/C13H14O3/c1-16-12(15)13-6-2-3-10(14)11(13)8-4-5-9(13)7-8/h2-5,8-9,11H,6-7H2,1H3/t8-,9+,11+,13-/m1/s1. The van der Waals surface area contributed by atoms with Gasteiger partial charge in [-0.1, -0.05) is 18.2 Å². The van der Waals surface area contributed by atoms with Gasteiger partial charge < -0.3 is 4.74 Å². The molecular weight excluding hydrogens is 204 g/mol. The first-order valence-electron chi connectivity index (χ1n) is 5.67. The van der Waals surface area contributed by atoms with Crippen LogP contribution in [0.4, 0.5) is 0 Å². The number of hydrogen-bond acceptors (Lipinski definition) is 3. The highest BCUT2D eigenvalue weighted by Gasteiger charge is 2.63. The number of carbonyl (C=O) groups excluding carboxylic acids is 2. The molecule has 16 heavy (non-hydrogen) atoms. The number of methoxy groups -OCH3 is 1. The van der Waals surface area contributed by atoms with Crippen LogP contribution in [0, 0.1) is 23.2 Å². The van der Waals surface area contributed by atoms with Gasteiger partial charge in [0.05, 0.1) is 12.5 Å². The minimum absolute atomic E-state index is 0.0912. The van der Waals surface area contributed by atoms with Crippen molar-refractivity contribution in [2.45, 2.75) is 12.8 Å². The third kappa shape index (κ3) is 0.938. The Morgan fingerprint density at radius 2 is 2.31 bits per heavy atom. The molecule has 2 bridgehead atoms. The molecule has 0 amide bonds. The molecule has 0 saturated heterocycles. The van der Waals surface area contributed by atoms with Gasteiger partial charge in [0.15, 0.2) is 5.78 Å². The van der Waals surface area contributed by atoms with Gasteiger partial charge in [0.1, 0.15) is 0 Å². The zero-order valence-electron chi connectivity index (χ0n) is 9.18. The highest BCUT2D eigenvalue weighted by molar-refractivity contribution is 5.99. The van der Waals surface area contributed by atoms with E-state index >= 15 is 0 Å². The van der Waals surface area contributed by atoms with Crippen LogP contribution in [0.25, 0.3) is 0 Å². The minimum Gasteiger partial charge on any atom is -0.469 e. The molecule has 0 aromatic heterocycles. The van der Waals surface area contributed by atoms with E-state index in [1.807, 2.05) is 6.08 Å². The van der Waals surface area contributed by atoms with Crippen molar-refractivity contribution < 1.29 is 14.3 Å². The Hall–Kier alpha value is -1.38. The molecule has 0 radical (unpaired) electrons. The average molecular weight is 218 g/mol. The highest BCUT2D eigenvalue weighted by atomic mass is 16.5. The smallest absolute Gasteiger partial charge is 0.313 e. The van der Waals surface area contributed by atoms with Crippen molar-refractivity contribution in [2.75, 3.05) is 7.11 Å². The number of allylic oxidation sites excluding steroid dienone is 4. The van der Waals surface area contributed by atoms with Crippen molar-refractivity contribution in [3.63, 3.8) is 0 Å². The van der Waals surface area contributed by atoms with Crippen LogP contribution in [0.1, 0.15) is 12.8 Å². The molecule has 0 aromatic rings. The van der Waals surface area contributed by atoms with Crippen LogP contribution >= 0.6 is 0 Å². The Labute approximate surface area is 94.2 Å². The number of rotatable bonds is 1. The molecule has 0 unspecified atom stereocenters. The van der Waals surface area contributed by atoms with E-state index in [1.54, 1.807) is 6.08 Å². The maximum absolute atomic E-state index is 12.1. The van der Waals surface area contributed by atoms with E-state index in [0.717, 1.165) is 6.42 Å². The van der Waals surface area contributed by atoms with Crippen LogP contribution in [0.5, 0.6) is 0 Å². The Kier molecular flexibility index (Phi) is 1.88. The summed E-state index contributed by atoms with van der Waals surface area (Å²) in [5.74, 6) is 0.117. The van der Waals surface area contributed by atoms with Gasteiger partial charge in [-0.15, -0.1) is 0 Å². The molecule has 1 fully saturated rings. The second kappa shape index (κ2) is 3.06. The lowest BCUT2D eigenvalue weighted by Gasteiger charge is -2.39. The first-order valence-corrected chi connectivity index (χ1v) is 5.67. The maximum atomic E-state index is 12.1. The van der Waals surface area contributed by atoms with Gasteiger partial charge in [-0.25, -0.2) is 0 Å². The SMILES string of the molecule is COC(=O)[C@@]12CC=CC(=O)[C@@H]1[C@@H]1C=C[C@H]2C1. The van der Waals surface area contributed by atoms with E-state index in [4.69, 9.17) is 4.74 Å². The van der Waals surface area contributed by atoms with Gasteiger partial charge in [0.2, 0.25) is 0 Å². The fraction of sp³-hybridized carbons (Fsp3) is 0.538. The first kappa shape index (κ1) is 9.82. The van der Waals surface area contributed by atoms with Crippen molar-refractivity contribution in [1.29, 1.82) is 0 Å². The molecule has 3 aliphatic carbocycles. The Morgan fingerprint density at radius 3 is 3.06 bits per heavy atom. The summed E-state index contributed by atoms with van der Waals surface area (Å²) in [6, 6.07) is 0. The lowest BCUT2D eigenvalue weighted by molar-refractivity contribution is -0.160. The summed E-state index contributed by atoms with van der Waals surface area (Å²) < 4.78 is 4.94. The van der Waals surface area contributed by atoms with Gasteiger partial charge in [-0.3, -0.25) is 9.59 Å². The van der Waals surface area contributed by atoms with Crippen LogP contribution in [0.3, 0.4) is 0 Å². The van der Waals surface area contributed by atoms with Gasteiger partial charge in [-0.05, 0) is 30.8 Å². The lowest BCUT2D eigenvalue weighted by Crippen LogP contribution is -2.47. The largest absolute Gasteiger partial charge is 0.469 e. The lowest BCUT2D eigenvalue weighted by atomic mass is 9.62. The summed E-state index contributed by atoms with van der Waals surface area (Å²) >= 11 is 0. The van der Waals surface area contributed by atoms with E-state index in [9.17, 15) is 9.59 Å². The van der Waals surface area contributed by atoms with Gasteiger partial charge in [0, 0.05) is 5.92 Å². The van der Waals surface area contributed by atoms with E-state index in [2.05, 4.69) is 12.2 Å². The van der Waals surface area contributed by atoms with Crippen molar-refractivity contribution in [3.05, 3.63) is 24.3 Å². The molecular formula is C13H14O3. The Bertz CT molecular complexity index is 421. The van der Waals surface area contributed by atoms with Crippen LogP contribution in [-0.2, 0) is 14.3 Å². The van der Waals surface area contributed by atoms with E-state index in [0.29, 0.717) is 6.42 Å². The molecule has 3 heteroatoms. The normalized spacial score (nSPS) is 43.6. The molecule has 4 atom stereocenters. The second-order valence-electron chi connectivity index (χ2n) is 4.91. The first-order chi connectivity index (χ1) is 7.70. The zero-order valence-corrected chi connectivity index (χ0v) is 9.18. The molecule has 0 spiro atoms. The summed E-state index contributed by atoms with van der Waals surface area (Å²) in [6.07, 6.45) is 9.19.